The van der Waals surface area contributed by atoms with Crippen LogP contribution in [0.5, 0.6) is 0 Å². The van der Waals surface area contributed by atoms with Gasteiger partial charge in [0.1, 0.15) is 0 Å². The first-order valence-electron chi connectivity index (χ1n) is 8.07. The van der Waals surface area contributed by atoms with Gasteiger partial charge in [0.15, 0.2) is 5.82 Å². The van der Waals surface area contributed by atoms with Crippen molar-refractivity contribution in [1.82, 2.24) is 25.0 Å². The zero-order chi connectivity index (χ0) is 15.9. The molecule has 122 valence electrons. The molecule has 2 heterocycles. The monoisotopic (exact) mass is 307 g/mol. The minimum absolute atomic E-state index is 0.120. The van der Waals surface area contributed by atoms with E-state index in [4.69, 9.17) is 0 Å². The molecule has 0 aromatic carbocycles. The van der Waals surface area contributed by atoms with Crippen molar-refractivity contribution in [2.24, 2.45) is 0 Å². The van der Waals surface area contributed by atoms with E-state index >= 15 is 0 Å². The normalized spacial score (nSPS) is 13.6. The van der Waals surface area contributed by atoms with Crippen molar-refractivity contribution in [2.75, 3.05) is 13.6 Å². The van der Waals surface area contributed by atoms with Gasteiger partial charge >= 0.3 is 0 Å². The van der Waals surface area contributed by atoms with Crippen LogP contribution in [-0.4, -0.2) is 45.1 Å². The van der Waals surface area contributed by atoms with Crippen molar-refractivity contribution in [3.63, 3.8) is 0 Å². The van der Waals surface area contributed by atoms with Crippen LogP contribution >= 0.6 is 0 Å². The molecule has 1 aromatic heterocycles. The lowest BCUT2D eigenvalue weighted by molar-refractivity contribution is -0.130. The molecular weight excluding hydrogens is 282 g/mol. The van der Waals surface area contributed by atoms with Crippen LogP contribution in [0.15, 0.2) is 0 Å². The molecule has 7 nitrogen and oxygen atoms in total. The highest BCUT2D eigenvalue weighted by molar-refractivity contribution is 5.91. The second kappa shape index (κ2) is 7.91. The van der Waals surface area contributed by atoms with Gasteiger partial charge in [-0.05, 0) is 6.42 Å². The molecule has 22 heavy (non-hydrogen) atoms. The molecule has 0 saturated carbocycles. The molecule has 1 N–H and O–H groups in total. The van der Waals surface area contributed by atoms with Gasteiger partial charge in [0, 0.05) is 26.6 Å². The average Bonchev–Trinajstić information content (AvgIpc) is 2.91. The Hall–Kier alpha value is -1.92. The number of amides is 2. The van der Waals surface area contributed by atoms with Crippen LogP contribution in [0.4, 0.5) is 0 Å². The van der Waals surface area contributed by atoms with Crippen molar-refractivity contribution < 1.29 is 9.59 Å². The summed E-state index contributed by atoms with van der Waals surface area (Å²) in [6.45, 7) is 3.81. The number of hydrogen-bond donors (Lipinski definition) is 1. The van der Waals surface area contributed by atoms with Crippen molar-refractivity contribution in [3.05, 3.63) is 11.6 Å². The molecule has 0 atom stereocenters. The maximum Gasteiger partial charge on any atom is 0.289 e. The number of carbonyl (C=O) groups is 2. The Morgan fingerprint density at radius 2 is 2.05 bits per heavy atom. The molecule has 0 unspecified atom stereocenters. The van der Waals surface area contributed by atoms with E-state index in [1.807, 2.05) is 0 Å². The van der Waals surface area contributed by atoms with Crippen LogP contribution in [0.25, 0.3) is 0 Å². The highest BCUT2D eigenvalue weighted by Crippen LogP contribution is 2.10. The summed E-state index contributed by atoms with van der Waals surface area (Å²) in [5, 5.41) is 10.7. The van der Waals surface area contributed by atoms with Crippen LogP contribution in [0.1, 0.15) is 61.9 Å². The molecule has 1 aliphatic heterocycles. The van der Waals surface area contributed by atoms with Crippen LogP contribution in [0, 0.1) is 0 Å². The van der Waals surface area contributed by atoms with Gasteiger partial charge in [-0.2, -0.15) is 0 Å². The van der Waals surface area contributed by atoms with Crippen LogP contribution in [0.2, 0.25) is 0 Å². The van der Waals surface area contributed by atoms with E-state index in [1.54, 1.807) is 16.5 Å². The molecule has 0 radical (unpaired) electrons. The van der Waals surface area contributed by atoms with E-state index < -0.39 is 0 Å². The molecule has 1 aromatic rings. The Morgan fingerprint density at radius 1 is 1.27 bits per heavy atom. The van der Waals surface area contributed by atoms with E-state index in [1.165, 1.54) is 19.3 Å². The van der Waals surface area contributed by atoms with Gasteiger partial charge in [-0.15, -0.1) is 10.2 Å². The van der Waals surface area contributed by atoms with Crippen molar-refractivity contribution in [3.8, 4) is 0 Å². The predicted octanol–water partition coefficient (Wildman–Crippen LogP) is 1.34. The van der Waals surface area contributed by atoms with E-state index in [0.29, 0.717) is 37.7 Å². The van der Waals surface area contributed by atoms with Crippen molar-refractivity contribution in [2.45, 2.75) is 58.5 Å². The lowest BCUT2D eigenvalue weighted by atomic mass is 10.1. The van der Waals surface area contributed by atoms with E-state index in [-0.39, 0.29) is 11.8 Å². The van der Waals surface area contributed by atoms with Crippen LogP contribution in [0.3, 0.4) is 0 Å². The minimum Gasteiger partial charge on any atom is -0.348 e. The summed E-state index contributed by atoms with van der Waals surface area (Å²) >= 11 is 0. The molecular formula is C15H25N5O2. The molecule has 0 fully saturated rings. The minimum atomic E-state index is -0.199. The molecule has 0 saturated heterocycles. The maximum absolute atomic E-state index is 12.1. The SMILES string of the molecule is CCCCCCCC(=O)N(C)Cc1nnc2n1CCNC2=O. The van der Waals surface area contributed by atoms with Crippen LogP contribution in [-0.2, 0) is 17.9 Å². The number of unbranched alkanes of at least 4 members (excludes halogenated alkanes) is 4. The standard InChI is InChI=1S/C15H25N5O2/c1-3-4-5-6-7-8-13(21)19(2)11-12-17-18-14-15(22)16-9-10-20(12)14/h3-11H2,1-2H3,(H,16,22). The summed E-state index contributed by atoms with van der Waals surface area (Å²) in [4.78, 5) is 25.4. The largest absolute Gasteiger partial charge is 0.348 e. The molecule has 0 bridgehead atoms. The molecule has 0 spiro atoms. The number of hydrogen-bond acceptors (Lipinski definition) is 4. The highest BCUT2D eigenvalue weighted by Gasteiger charge is 2.23. The lowest BCUT2D eigenvalue weighted by Gasteiger charge is -2.19. The number of carbonyl (C=O) groups excluding carboxylic acids is 2. The fourth-order valence-corrected chi connectivity index (χ4v) is 2.59. The Bertz CT molecular complexity index is 526. The van der Waals surface area contributed by atoms with Gasteiger partial charge in [-0.3, -0.25) is 9.59 Å². The predicted molar refractivity (Wildman–Crippen MR) is 82.2 cm³/mol. The Balaban J connectivity index is 1.83. The summed E-state index contributed by atoms with van der Waals surface area (Å²) in [5.74, 6) is 0.928. The average molecular weight is 307 g/mol. The first-order chi connectivity index (χ1) is 10.6. The summed E-state index contributed by atoms with van der Waals surface area (Å²) in [5.41, 5.74) is 0. The molecule has 7 heteroatoms. The summed E-state index contributed by atoms with van der Waals surface area (Å²) < 4.78 is 1.80. The third-order valence-corrected chi connectivity index (χ3v) is 3.95. The quantitative estimate of drug-likeness (QED) is 0.735. The van der Waals surface area contributed by atoms with Gasteiger partial charge in [0.05, 0.1) is 6.54 Å². The highest BCUT2D eigenvalue weighted by atomic mass is 16.2. The van der Waals surface area contributed by atoms with Gasteiger partial charge < -0.3 is 14.8 Å². The first kappa shape index (κ1) is 16.5. The zero-order valence-corrected chi connectivity index (χ0v) is 13.5. The summed E-state index contributed by atoms with van der Waals surface area (Å²) in [6.07, 6.45) is 6.25. The van der Waals surface area contributed by atoms with Gasteiger partial charge in [0.25, 0.3) is 5.91 Å². The first-order valence-corrected chi connectivity index (χ1v) is 8.07. The number of nitrogens with zero attached hydrogens (tertiary/aromatic N) is 4. The Morgan fingerprint density at radius 3 is 2.82 bits per heavy atom. The summed E-state index contributed by atoms with van der Waals surface area (Å²) in [7, 11) is 1.78. The lowest BCUT2D eigenvalue weighted by Crippen LogP contribution is -2.37. The smallest absolute Gasteiger partial charge is 0.289 e. The molecule has 0 aliphatic carbocycles. The maximum atomic E-state index is 12.1. The zero-order valence-electron chi connectivity index (χ0n) is 13.5. The third-order valence-electron chi connectivity index (χ3n) is 3.95. The fraction of sp³-hybridized carbons (Fsp3) is 0.733. The third kappa shape index (κ3) is 4.05. The van der Waals surface area contributed by atoms with Crippen molar-refractivity contribution in [1.29, 1.82) is 0 Å². The summed E-state index contributed by atoms with van der Waals surface area (Å²) in [6, 6.07) is 0. The molecule has 2 rings (SSSR count). The second-order valence-corrected chi connectivity index (χ2v) is 5.76. The second-order valence-electron chi connectivity index (χ2n) is 5.76. The van der Waals surface area contributed by atoms with Gasteiger partial charge in [-0.1, -0.05) is 32.6 Å². The Kier molecular flexibility index (Phi) is 5.91. The van der Waals surface area contributed by atoms with E-state index in [9.17, 15) is 9.59 Å². The number of nitrogens with one attached hydrogen (secondary N) is 1. The topological polar surface area (TPSA) is 80.1 Å². The number of fused-ring (bicyclic) bond motifs is 1. The van der Waals surface area contributed by atoms with Gasteiger partial charge in [-0.25, -0.2) is 0 Å². The van der Waals surface area contributed by atoms with E-state index in [0.717, 1.165) is 12.8 Å². The molecule has 1 aliphatic rings. The van der Waals surface area contributed by atoms with Crippen molar-refractivity contribution >= 4 is 11.8 Å². The number of aromatic nitrogens is 3. The van der Waals surface area contributed by atoms with Gasteiger partial charge in [0.2, 0.25) is 11.7 Å². The molecule has 2 amide bonds. The van der Waals surface area contributed by atoms with E-state index in [2.05, 4.69) is 22.4 Å². The fourth-order valence-electron chi connectivity index (χ4n) is 2.59. The Labute approximate surface area is 131 Å². The number of rotatable bonds is 8. The van der Waals surface area contributed by atoms with Crippen LogP contribution < -0.4 is 5.32 Å².